The van der Waals surface area contributed by atoms with Gasteiger partial charge in [-0.1, -0.05) is 82.2 Å². The number of aryl methyl sites for hydroxylation is 1. The average Bonchev–Trinajstić information content (AvgIpc) is 1.41. The Morgan fingerprint density at radius 2 is 1.26 bits per heavy atom. The number of likely N-dealkylation sites (tertiary alicyclic amines) is 1. The highest BCUT2D eigenvalue weighted by Crippen LogP contribution is 2.38. The van der Waals surface area contributed by atoms with Crippen LogP contribution >= 0.6 is 34.2 Å². The smallest absolute Gasteiger partial charge is 0.343 e. The molecule has 8 atom stereocenters. The second kappa shape index (κ2) is 36.7. The Hall–Kier alpha value is -7.55. The number of rotatable bonds is 11. The number of halogens is 5. The third-order valence-corrected chi connectivity index (χ3v) is 22.3. The molecule has 7 rings (SSSR count). The number of piperidine rings is 1. The van der Waals surface area contributed by atoms with E-state index >= 15 is 28.8 Å². The minimum absolute atomic E-state index is 0.00561. The molecule has 102 heavy (non-hydrogen) atoms. The van der Waals surface area contributed by atoms with E-state index in [4.69, 9.17) is 18.0 Å². The summed E-state index contributed by atoms with van der Waals surface area (Å²) < 4.78 is 42.5. The van der Waals surface area contributed by atoms with Crippen molar-refractivity contribution in [3.05, 3.63) is 67.7 Å². The number of nitrogens with zero attached hydrogens (tertiary/aromatic N) is 9. The average molecular weight is 1560 g/mol. The minimum atomic E-state index is -4.77. The SMILES string of the molecule is C#CCC[C@H]1C(=O)N[C@@H]([C@@H](C)CC)C(=O)N(C)CC(=O)N(C)CC(=O)N(C)[C@@H](Cc2ccc(I)cc2)C(=O)N(C)CC(=O)N[C@@H](CCc2ccc(C(F)(F)F)c(Cl)c2)C(=O)N2CCC[C@H]2C(=O)NC2(CCCC2)C(=O)N(C)[C@@H](C2CCCCC2)C(=O)N(C)[C@H](C(=O)N2CCCCC2)CC(=O)N1C. The molecule has 3 saturated heterocycles. The number of hydrogen-bond acceptors (Lipinski definition) is 12. The number of carbonyl (C=O) groups excluding carboxylic acids is 12. The second-order valence-corrected chi connectivity index (χ2v) is 30.0. The Morgan fingerprint density at radius 3 is 1.88 bits per heavy atom. The van der Waals surface area contributed by atoms with Crippen molar-refractivity contribution >= 4 is 105 Å². The Labute approximate surface area is 615 Å². The van der Waals surface area contributed by atoms with Gasteiger partial charge in [-0.25, -0.2) is 0 Å². The Morgan fingerprint density at radius 1 is 0.657 bits per heavy atom. The lowest BCUT2D eigenvalue weighted by molar-refractivity contribution is -0.157. The lowest BCUT2D eigenvalue weighted by Crippen LogP contribution is -2.65. The van der Waals surface area contributed by atoms with Gasteiger partial charge in [0.15, 0.2) is 0 Å². The second-order valence-electron chi connectivity index (χ2n) is 28.4. The molecule has 2 aromatic rings. The summed E-state index contributed by atoms with van der Waals surface area (Å²) >= 11 is 8.27. The molecule has 29 heteroatoms. The lowest BCUT2D eigenvalue weighted by Gasteiger charge is -2.43. The van der Waals surface area contributed by atoms with Crippen molar-refractivity contribution in [3.63, 3.8) is 0 Å². The Bertz CT molecular complexity index is 3430. The van der Waals surface area contributed by atoms with Crippen molar-refractivity contribution in [1.82, 2.24) is 60.0 Å². The molecular weight excluding hydrogens is 1460 g/mol. The maximum atomic E-state index is 15.8. The molecule has 3 aliphatic heterocycles. The van der Waals surface area contributed by atoms with Crippen LogP contribution in [0.15, 0.2) is 42.5 Å². The van der Waals surface area contributed by atoms with Gasteiger partial charge in [-0.15, -0.1) is 12.3 Å². The van der Waals surface area contributed by atoms with Crippen LogP contribution in [-0.4, -0.2) is 251 Å². The molecule has 3 heterocycles. The van der Waals surface area contributed by atoms with Crippen LogP contribution in [0.1, 0.15) is 153 Å². The number of likely N-dealkylation sites (N-methyl/N-ethyl adjacent to an activating group) is 7. The van der Waals surface area contributed by atoms with E-state index in [-0.39, 0.29) is 63.5 Å². The summed E-state index contributed by atoms with van der Waals surface area (Å²) in [6, 6.07) is 1.09. The fourth-order valence-corrected chi connectivity index (χ4v) is 15.4. The molecular formula is C73H101ClF3IN12O12. The summed E-state index contributed by atoms with van der Waals surface area (Å²) in [5, 5.41) is 8.06. The van der Waals surface area contributed by atoms with Gasteiger partial charge in [0.2, 0.25) is 70.9 Å². The van der Waals surface area contributed by atoms with Crippen LogP contribution in [-0.2, 0) is 76.6 Å². The third kappa shape index (κ3) is 20.4. The first-order valence-electron chi connectivity index (χ1n) is 35.6. The zero-order valence-corrected chi connectivity index (χ0v) is 63.1. The van der Waals surface area contributed by atoms with Crippen molar-refractivity contribution < 1.29 is 70.7 Å². The zero-order valence-electron chi connectivity index (χ0n) is 60.2. The lowest BCUT2D eigenvalue weighted by atomic mass is 9.81. The van der Waals surface area contributed by atoms with Crippen molar-refractivity contribution in [2.45, 2.75) is 203 Å². The van der Waals surface area contributed by atoms with Gasteiger partial charge in [-0.3, -0.25) is 57.5 Å². The van der Waals surface area contributed by atoms with Crippen LogP contribution < -0.4 is 16.0 Å². The molecule has 3 N–H and O–H groups in total. The van der Waals surface area contributed by atoms with Gasteiger partial charge in [0.1, 0.15) is 47.8 Å². The third-order valence-electron chi connectivity index (χ3n) is 21.3. The molecule has 2 aromatic carbocycles. The maximum Gasteiger partial charge on any atom is 0.417 e. The highest BCUT2D eigenvalue weighted by atomic mass is 127. The number of alkyl halides is 3. The summed E-state index contributed by atoms with van der Waals surface area (Å²) in [5.74, 6) is -6.71. The largest absolute Gasteiger partial charge is 0.417 e. The fraction of sp³-hybridized carbons (Fsp3) is 0.644. The number of carbonyl (C=O) groups is 12. The molecule has 5 fully saturated rings. The topological polar surface area (TPSA) is 270 Å². The van der Waals surface area contributed by atoms with Gasteiger partial charge in [0.05, 0.1) is 36.6 Å². The van der Waals surface area contributed by atoms with Crippen LogP contribution in [0.3, 0.4) is 0 Å². The van der Waals surface area contributed by atoms with E-state index in [0.717, 1.165) is 65.9 Å². The van der Waals surface area contributed by atoms with Crippen molar-refractivity contribution in [2.24, 2.45) is 11.8 Å². The summed E-state index contributed by atoms with van der Waals surface area (Å²) in [5.41, 5.74) is -1.77. The molecule has 0 radical (unpaired) electrons. The zero-order chi connectivity index (χ0) is 75.1. The standard InChI is InChI=1S/C73H101ClF3IN12O12/c1-11-13-25-54-64(95)80-62(46(3)12-2)69(100)84(6)44-60(93)82(4)45-61(94)86(8)56(41-48-27-31-50(78)32-28-48)67(98)83(5)43-58(91)79-53(34-30-47-29-33-51(52(74)40-47)73(75,76)77)66(97)90-39-22-26-55(90)65(96)81-72(35-18-19-36-72)71(102)88(10)63(49-23-16-14-17-24-49)70(101)87(9)57(42-59(92)85(54)7)68(99)89-37-20-15-21-38-89/h1,27-29,31-33,40,46,49,53-57,62-63H,12-26,30,34-39,41-45H2,2-10H3,(H,79,91)(H,80,95)(H,81,96)/t46-,53-,54-,55-,56-,57-,62-,63-/m0/s1. The van der Waals surface area contributed by atoms with E-state index in [1.165, 1.54) is 70.1 Å². The van der Waals surface area contributed by atoms with Gasteiger partial charge in [0.25, 0.3) is 0 Å². The molecule has 5 aliphatic rings. The van der Waals surface area contributed by atoms with Gasteiger partial charge in [-0.05, 0) is 147 Å². The first-order chi connectivity index (χ1) is 48.2. The highest BCUT2D eigenvalue weighted by molar-refractivity contribution is 14.1. The van der Waals surface area contributed by atoms with E-state index in [2.05, 4.69) is 44.5 Å². The number of benzene rings is 2. The number of terminal acetylenes is 1. The summed E-state index contributed by atoms with van der Waals surface area (Å²) in [4.78, 5) is 190. The Balaban J connectivity index is 1.30. The minimum Gasteiger partial charge on any atom is -0.343 e. The van der Waals surface area contributed by atoms with E-state index < -0.39 is 173 Å². The summed E-state index contributed by atoms with van der Waals surface area (Å²) in [6.07, 6.45) is 7.64. The molecule has 0 unspecified atom stereocenters. The molecule has 1 spiro atoms. The van der Waals surface area contributed by atoms with Crippen LogP contribution in [0.2, 0.25) is 5.02 Å². The van der Waals surface area contributed by atoms with E-state index in [1.54, 1.807) is 43.0 Å². The quantitative estimate of drug-likeness (QED) is 0.182. The van der Waals surface area contributed by atoms with Gasteiger partial charge < -0.3 is 60.0 Å². The van der Waals surface area contributed by atoms with Crippen LogP contribution in [0, 0.1) is 27.7 Å². The molecule has 0 aromatic heterocycles. The van der Waals surface area contributed by atoms with Crippen LogP contribution in [0.25, 0.3) is 0 Å². The number of hydrogen-bond donors (Lipinski definition) is 3. The predicted octanol–water partition coefficient (Wildman–Crippen LogP) is 5.67. The van der Waals surface area contributed by atoms with Crippen molar-refractivity contribution in [1.29, 1.82) is 0 Å². The van der Waals surface area contributed by atoms with E-state index in [1.807, 2.05) is 0 Å². The normalized spacial score (nSPS) is 25.4. The van der Waals surface area contributed by atoms with Gasteiger partial charge >= 0.3 is 6.18 Å². The molecule has 2 saturated carbocycles. The number of amides is 12. The molecule has 560 valence electrons. The molecule has 0 bridgehead atoms. The van der Waals surface area contributed by atoms with Crippen LogP contribution in [0.4, 0.5) is 13.2 Å². The van der Waals surface area contributed by atoms with Crippen LogP contribution in [0.5, 0.6) is 0 Å². The predicted molar refractivity (Wildman–Crippen MR) is 384 cm³/mol. The Kier molecular flexibility index (Phi) is 29.4. The summed E-state index contributed by atoms with van der Waals surface area (Å²) in [6.45, 7) is 2.40. The van der Waals surface area contributed by atoms with Crippen molar-refractivity contribution in [3.8, 4) is 12.3 Å². The van der Waals surface area contributed by atoms with Crippen molar-refractivity contribution in [2.75, 3.05) is 88.6 Å². The maximum absolute atomic E-state index is 15.8. The first-order valence-corrected chi connectivity index (χ1v) is 37.0. The number of fused-ring (bicyclic) bond motifs is 1. The van der Waals surface area contributed by atoms with E-state index in [9.17, 15) is 41.9 Å². The van der Waals surface area contributed by atoms with Gasteiger partial charge in [0, 0.05) is 85.4 Å². The molecule has 24 nitrogen and oxygen atoms in total. The van der Waals surface area contributed by atoms with Gasteiger partial charge in [-0.2, -0.15) is 13.2 Å². The number of nitrogens with one attached hydrogen (secondary N) is 3. The molecule has 12 amide bonds. The highest BCUT2D eigenvalue weighted by Gasteiger charge is 2.51. The summed E-state index contributed by atoms with van der Waals surface area (Å²) in [7, 11) is 9.70. The first kappa shape index (κ1) is 81.7. The van der Waals surface area contributed by atoms with E-state index in [0.29, 0.717) is 70.0 Å². The monoisotopic (exact) mass is 1560 g/mol. The fourth-order valence-electron chi connectivity index (χ4n) is 14.8. The molecule has 2 aliphatic carbocycles.